The molecule has 1 fully saturated rings. The van der Waals surface area contributed by atoms with Crippen LogP contribution in [0.3, 0.4) is 0 Å². The third kappa shape index (κ3) is 4.25. The van der Waals surface area contributed by atoms with Crippen molar-refractivity contribution in [3.8, 4) is 0 Å². The van der Waals surface area contributed by atoms with E-state index in [2.05, 4.69) is 15.7 Å². The molecule has 1 amide bonds. The Morgan fingerprint density at radius 2 is 2.30 bits per heavy atom. The van der Waals surface area contributed by atoms with E-state index in [1.165, 1.54) is 0 Å². The van der Waals surface area contributed by atoms with Gasteiger partial charge in [-0.1, -0.05) is 23.7 Å². The van der Waals surface area contributed by atoms with Crippen molar-refractivity contribution in [3.05, 3.63) is 52.8 Å². The maximum atomic E-state index is 12.5. The van der Waals surface area contributed by atoms with E-state index < -0.39 is 0 Å². The van der Waals surface area contributed by atoms with E-state index in [1.807, 2.05) is 43.7 Å². The second-order valence-electron chi connectivity index (χ2n) is 5.67. The molecule has 2 atom stereocenters. The molecule has 23 heavy (non-hydrogen) atoms. The fraction of sp³-hybridized carbons (Fsp3) is 0.375. The highest BCUT2D eigenvalue weighted by molar-refractivity contribution is 6.30. The number of hydrogen-bond donors (Lipinski definition) is 2. The van der Waals surface area contributed by atoms with Gasteiger partial charge in [-0.25, -0.2) is 0 Å². The summed E-state index contributed by atoms with van der Waals surface area (Å²) < 4.78 is 1.77. The summed E-state index contributed by atoms with van der Waals surface area (Å²) in [7, 11) is 1.89. The van der Waals surface area contributed by atoms with Crippen molar-refractivity contribution in [3.63, 3.8) is 0 Å². The first-order chi connectivity index (χ1) is 10.6. The van der Waals surface area contributed by atoms with E-state index in [9.17, 15) is 4.79 Å². The highest BCUT2D eigenvalue weighted by atomic mass is 35.5. The molecule has 2 N–H and O–H groups in total. The molecule has 0 unspecified atom stereocenters. The lowest BCUT2D eigenvalue weighted by atomic mass is 9.90. The minimum atomic E-state index is -0.0663. The molecule has 1 saturated heterocycles. The topological polar surface area (TPSA) is 59.0 Å². The van der Waals surface area contributed by atoms with Gasteiger partial charge in [-0.2, -0.15) is 5.10 Å². The van der Waals surface area contributed by atoms with Gasteiger partial charge in [0.15, 0.2) is 0 Å². The number of nitrogens with zero attached hydrogens (tertiary/aromatic N) is 2. The van der Waals surface area contributed by atoms with E-state index in [0.29, 0.717) is 18.1 Å². The van der Waals surface area contributed by atoms with Gasteiger partial charge in [0.05, 0.1) is 12.1 Å². The zero-order valence-corrected chi connectivity index (χ0v) is 14.4. The van der Waals surface area contributed by atoms with Crippen molar-refractivity contribution in [2.24, 2.45) is 13.0 Å². The van der Waals surface area contributed by atoms with Gasteiger partial charge >= 0.3 is 0 Å². The fourth-order valence-electron chi connectivity index (χ4n) is 2.90. The van der Waals surface area contributed by atoms with Crippen LogP contribution in [0.15, 0.2) is 36.7 Å². The van der Waals surface area contributed by atoms with Gasteiger partial charge in [0, 0.05) is 43.8 Å². The number of aryl methyl sites for hydroxylation is 1. The Morgan fingerprint density at radius 3 is 3.00 bits per heavy atom. The minimum Gasteiger partial charge on any atom is -0.352 e. The van der Waals surface area contributed by atoms with E-state index in [0.717, 1.165) is 17.7 Å². The molecule has 1 aromatic carbocycles. The van der Waals surface area contributed by atoms with Gasteiger partial charge in [-0.05, 0) is 23.3 Å². The summed E-state index contributed by atoms with van der Waals surface area (Å²) >= 11 is 5.96. The summed E-state index contributed by atoms with van der Waals surface area (Å²) in [6.45, 7) is 2.00. The smallest absolute Gasteiger partial charge is 0.225 e. The maximum Gasteiger partial charge on any atom is 0.225 e. The number of carbonyl (C=O) groups excluding carboxylic acids is 1. The largest absolute Gasteiger partial charge is 0.352 e. The first-order valence-corrected chi connectivity index (χ1v) is 7.72. The minimum absolute atomic E-state index is 0. The molecule has 0 aliphatic carbocycles. The standard InChI is InChI=1S/C16H19ClN4O.ClH/c1-21-10-12(7-20-21)14-8-18-9-15(14)16(22)19-6-11-3-2-4-13(17)5-11;/h2-5,7,10,14-15,18H,6,8-9H2,1H3,(H,19,22);1H/t14-,15+;/m1./s1. The molecular weight excluding hydrogens is 335 g/mol. The second-order valence-corrected chi connectivity index (χ2v) is 6.10. The van der Waals surface area contributed by atoms with Crippen LogP contribution in [0.4, 0.5) is 0 Å². The molecule has 0 bridgehead atoms. The lowest BCUT2D eigenvalue weighted by molar-refractivity contribution is -0.125. The van der Waals surface area contributed by atoms with Crippen LogP contribution >= 0.6 is 24.0 Å². The zero-order valence-electron chi connectivity index (χ0n) is 12.8. The summed E-state index contributed by atoms with van der Waals surface area (Å²) in [5.74, 6) is 0.176. The molecule has 5 nitrogen and oxygen atoms in total. The summed E-state index contributed by atoms with van der Waals surface area (Å²) in [5, 5.41) is 11.2. The molecule has 0 spiro atoms. The molecule has 0 saturated carbocycles. The first-order valence-electron chi connectivity index (χ1n) is 7.35. The third-order valence-corrected chi connectivity index (χ3v) is 4.29. The first kappa shape index (κ1) is 17.8. The fourth-order valence-corrected chi connectivity index (χ4v) is 3.12. The number of benzene rings is 1. The van der Waals surface area contributed by atoms with Crippen LogP contribution in [0, 0.1) is 5.92 Å². The molecule has 2 heterocycles. The second kappa shape index (κ2) is 7.81. The van der Waals surface area contributed by atoms with Crippen molar-refractivity contribution in [2.45, 2.75) is 12.5 Å². The molecule has 1 aliphatic heterocycles. The van der Waals surface area contributed by atoms with Gasteiger partial charge in [-0.15, -0.1) is 12.4 Å². The average molecular weight is 355 g/mol. The summed E-state index contributed by atoms with van der Waals surface area (Å²) in [5.41, 5.74) is 2.11. The van der Waals surface area contributed by atoms with Gasteiger partial charge in [0.2, 0.25) is 5.91 Å². The Morgan fingerprint density at radius 1 is 1.48 bits per heavy atom. The van der Waals surface area contributed by atoms with Crippen LogP contribution < -0.4 is 10.6 Å². The van der Waals surface area contributed by atoms with E-state index in [1.54, 1.807) is 4.68 Å². The highest BCUT2D eigenvalue weighted by Crippen LogP contribution is 2.28. The van der Waals surface area contributed by atoms with Gasteiger partial charge in [0.1, 0.15) is 0 Å². The van der Waals surface area contributed by atoms with Crippen LogP contribution in [-0.4, -0.2) is 28.8 Å². The summed E-state index contributed by atoms with van der Waals surface area (Å²) in [6, 6.07) is 7.54. The monoisotopic (exact) mass is 354 g/mol. The molecule has 1 aliphatic rings. The Labute approximate surface area is 146 Å². The Bertz CT molecular complexity index is 674. The van der Waals surface area contributed by atoms with Crippen LogP contribution in [0.25, 0.3) is 0 Å². The molecule has 2 aromatic rings. The number of hydrogen-bond acceptors (Lipinski definition) is 3. The van der Waals surface area contributed by atoms with Crippen molar-refractivity contribution < 1.29 is 4.79 Å². The third-order valence-electron chi connectivity index (χ3n) is 4.06. The average Bonchev–Trinajstić information content (AvgIpc) is 3.13. The number of carbonyl (C=O) groups is 1. The number of rotatable bonds is 4. The normalized spacial score (nSPS) is 20.1. The van der Waals surface area contributed by atoms with Gasteiger partial charge < -0.3 is 10.6 Å². The number of halogens is 2. The number of amides is 1. The molecule has 0 radical (unpaired) electrons. The predicted octanol–water partition coefficient (Wildman–Crippen LogP) is 2.11. The highest BCUT2D eigenvalue weighted by Gasteiger charge is 2.34. The molecule has 7 heteroatoms. The van der Waals surface area contributed by atoms with Gasteiger partial charge in [0.25, 0.3) is 0 Å². The number of nitrogens with one attached hydrogen (secondary N) is 2. The van der Waals surface area contributed by atoms with Gasteiger partial charge in [-0.3, -0.25) is 9.48 Å². The van der Waals surface area contributed by atoms with E-state index in [-0.39, 0.29) is 30.2 Å². The van der Waals surface area contributed by atoms with Crippen molar-refractivity contribution >= 4 is 29.9 Å². The van der Waals surface area contributed by atoms with Crippen LogP contribution in [0.1, 0.15) is 17.0 Å². The van der Waals surface area contributed by atoms with Crippen molar-refractivity contribution in [2.75, 3.05) is 13.1 Å². The Kier molecular flexibility index (Phi) is 6.04. The maximum absolute atomic E-state index is 12.5. The van der Waals surface area contributed by atoms with Crippen LogP contribution in [0.5, 0.6) is 0 Å². The molecule has 124 valence electrons. The molecular formula is C16H20Cl2N4O. The Balaban J connectivity index is 0.00000192. The molecule has 1 aromatic heterocycles. The SMILES string of the molecule is Cl.Cn1cc([C@H]2CNC[C@@H]2C(=O)NCc2cccc(Cl)c2)cn1. The van der Waals surface area contributed by atoms with Crippen LogP contribution in [-0.2, 0) is 18.4 Å². The lowest BCUT2D eigenvalue weighted by Crippen LogP contribution is -2.33. The summed E-state index contributed by atoms with van der Waals surface area (Å²) in [6.07, 6.45) is 3.82. The number of aromatic nitrogens is 2. The van der Waals surface area contributed by atoms with Crippen molar-refractivity contribution in [1.82, 2.24) is 20.4 Å². The Hall–Kier alpha value is -1.56. The zero-order chi connectivity index (χ0) is 15.5. The predicted molar refractivity (Wildman–Crippen MR) is 92.9 cm³/mol. The van der Waals surface area contributed by atoms with E-state index >= 15 is 0 Å². The molecule has 3 rings (SSSR count). The quantitative estimate of drug-likeness (QED) is 0.883. The lowest BCUT2D eigenvalue weighted by Gasteiger charge is -2.17. The van der Waals surface area contributed by atoms with Crippen LogP contribution in [0.2, 0.25) is 5.02 Å². The van der Waals surface area contributed by atoms with E-state index in [4.69, 9.17) is 11.6 Å². The summed E-state index contributed by atoms with van der Waals surface area (Å²) in [4.78, 5) is 12.5. The van der Waals surface area contributed by atoms with Crippen molar-refractivity contribution in [1.29, 1.82) is 0 Å².